The molecule has 0 atom stereocenters. The molecule has 5 nitrogen and oxygen atoms in total. The second kappa shape index (κ2) is 7.35. The summed E-state index contributed by atoms with van der Waals surface area (Å²) in [5, 5.41) is 5.73. The minimum Gasteiger partial charge on any atom is -0.383 e. The van der Waals surface area contributed by atoms with Crippen LogP contribution in [-0.2, 0) is 4.74 Å². The van der Waals surface area contributed by atoms with Crippen molar-refractivity contribution in [2.75, 3.05) is 30.9 Å². The molecular formula is C15H16FN3O2. The summed E-state index contributed by atoms with van der Waals surface area (Å²) < 4.78 is 18.0. The Morgan fingerprint density at radius 1 is 1.33 bits per heavy atom. The van der Waals surface area contributed by atoms with E-state index < -0.39 is 11.7 Å². The van der Waals surface area contributed by atoms with Crippen LogP contribution >= 0.6 is 0 Å². The molecule has 1 heterocycles. The van der Waals surface area contributed by atoms with Gasteiger partial charge in [-0.25, -0.2) is 9.37 Å². The number of aromatic nitrogens is 1. The molecule has 0 aliphatic heterocycles. The predicted octanol–water partition coefficient (Wildman–Crippen LogP) is 2.53. The molecule has 0 aliphatic rings. The molecule has 0 saturated heterocycles. The van der Waals surface area contributed by atoms with E-state index in [1.165, 1.54) is 18.2 Å². The summed E-state index contributed by atoms with van der Waals surface area (Å²) in [5.74, 6) is -0.447. The number of carbonyl (C=O) groups is 1. The summed E-state index contributed by atoms with van der Waals surface area (Å²) in [6, 6.07) is 8.96. The van der Waals surface area contributed by atoms with Crippen LogP contribution in [-0.4, -0.2) is 31.2 Å². The number of rotatable bonds is 6. The number of nitrogens with zero attached hydrogens (tertiary/aromatic N) is 1. The third-order valence-electron chi connectivity index (χ3n) is 2.73. The van der Waals surface area contributed by atoms with E-state index in [9.17, 15) is 9.18 Å². The van der Waals surface area contributed by atoms with Gasteiger partial charge in [0, 0.05) is 19.2 Å². The molecule has 0 unspecified atom stereocenters. The first-order valence-corrected chi connectivity index (χ1v) is 6.45. The zero-order valence-corrected chi connectivity index (χ0v) is 11.6. The fourth-order valence-corrected chi connectivity index (χ4v) is 1.69. The smallest absolute Gasteiger partial charge is 0.256 e. The fourth-order valence-electron chi connectivity index (χ4n) is 1.69. The zero-order chi connectivity index (χ0) is 15.1. The van der Waals surface area contributed by atoms with E-state index in [0.717, 1.165) is 5.69 Å². The average molecular weight is 289 g/mol. The van der Waals surface area contributed by atoms with Crippen molar-refractivity contribution in [3.63, 3.8) is 0 Å². The lowest BCUT2D eigenvalue weighted by Crippen LogP contribution is -2.13. The van der Waals surface area contributed by atoms with Crippen molar-refractivity contribution in [2.45, 2.75) is 0 Å². The Kier molecular flexibility index (Phi) is 5.22. The van der Waals surface area contributed by atoms with Gasteiger partial charge in [0.05, 0.1) is 18.5 Å². The van der Waals surface area contributed by atoms with E-state index in [-0.39, 0.29) is 5.56 Å². The fraction of sp³-hybridized carbons (Fsp3) is 0.200. The Hall–Kier alpha value is -2.47. The largest absolute Gasteiger partial charge is 0.383 e. The summed E-state index contributed by atoms with van der Waals surface area (Å²) in [6.45, 7) is 1.27. The maximum absolute atomic E-state index is 13.1. The molecule has 0 saturated carbocycles. The normalized spacial score (nSPS) is 10.2. The van der Waals surface area contributed by atoms with Crippen LogP contribution in [0.15, 0.2) is 42.6 Å². The van der Waals surface area contributed by atoms with Gasteiger partial charge in [-0.1, -0.05) is 6.07 Å². The number of pyridine rings is 1. The molecule has 21 heavy (non-hydrogen) atoms. The lowest BCUT2D eigenvalue weighted by molar-refractivity contribution is 0.102. The molecule has 0 radical (unpaired) electrons. The highest BCUT2D eigenvalue weighted by Crippen LogP contribution is 2.11. The lowest BCUT2D eigenvalue weighted by atomic mass is 10.2. The van der Waals surface area contributed by atoms with Gasteiger partial charge in [0.15, 0.2) is 0 Å². The highest BCUT2D eigenvalue weighted by atomic mass is 19.1. The van der Waals surface area contributed by atoms with E-state index >= 15 is 0 Å². The Bertz CT molecular complexity index is 602. The molecule has 0 aliphatic carbocycles. The maximum atomic E-state index is 13.1. The van der Waals surface area contributed by atoms with Crippen LogP contribution in [0, 0.1) is 5.82 Å². The number of amides is 1. The van der Waals surface area contributed by atoms with Gasteiger partial charge in [-0.05, 0) is 30.3 Å². The minimum atomic E-state index is -0.451. The SMILES string of the molecule is COCCNc1ccc(NC(=O)c2cccc(F)c2)nc1. The molecule has 0 fully saturated rings. The van der Waals surface area contributed by atoms with Crippen molar-refractivity contribution < 1.29 is 13.9 Å². The molecule has 1 amide bonds. The standard InChI is InChI=1S/C15H16FN3O2/c1-21-8-7-17-13-5-6-14(18-10-13)19-15(20)11-3-2-4-12(16)9-11/h2-6,9-10,17H,7-8H2,1H3,(H,18,19,20). The van der Waals surface area contributed by atoms with Gasteiger partial charge in [-0.2, -0.15) is 0 Å². The van der Waals surface area contributed by atoms with E-state index in [1.54, 1.807) is 31.5 Å². The summed E-state index contributed by atoms with van der Waals surface area (Å²) in [6.07, 6.45) is 1.61. The van der Waals surface area contributed by atoms with Crippen LogP contribution in [0.1, 0.15) is 10.4 Å². The molecule has 0 spiro atoms. The van der Waals surface area contributed by atoms with Gasteiger partial charge in [0.25, 0.3) is 5.91 Å². The van der Waals surface area contributed by atoms with Crippen LogP contribution in [0.3, 0.4) is 0 Å². The Morgan fingerprint density at radius 3 is 2.86 bits per heavy atom. The quantitative estimate of drug-likeness (QED) is 0.802. The number of halogens is 1. The third kappa shape index (κ3) is 4.54. The highest BCUT2D eigenvalue weighted by molar-refractivity contribution is 6.03. The number of anilines is 2. The van der Waals surface area contributed by atoms with Gasteiger partial charge >= 0.3 is 0 Å². The van der Waals surface area contributed by atoms with Crippen LogP contribution < -0.4 is 10.6 Å². The number of nitrogens with one attached hydrogen (secondary N) is 2. The number of benzene rings is 1. The van der Waals surface area contributed by atoms with Gasteiger partial charge in [0.1, 0.15) is 11.6 Å². The Balaban J connectivity index is 1.95. The van der Waals surface area contributed by atoms with E-state index in [0.29, 0.717) is 19.0 Å². The predicted molar refractivity (Wildman–Crippen MR) is 79.0 cm³/mol. The summed E-state index contributed by atoms with van der Waals surface area (Å²) in [7, 11) is 1.63. The van der Waals surface area contributed by atoms with Gasteiger partial charge < -0.3 is 15.4 Å². The van der Waals surface area contributed by atoms with Crippen molar-refractivity contribution in [3.05, 3.63) is 54.0 Å². The van der Waals surface area contributed by atoms with Crippen LogP contribution in [0.4, 0.5) is 15.9 Å². The van der Waals surface area contributed by atoms with Gasteiger partial charge in [-0.15, -0.1) is 0 Å². The second-order valence-electron chi connectivity index (χ2n) is 4.32. The van der Waals surface area contributed by atoms with Crippen molar-refractivity contribution in [1.82, 2.24) is 4.98 Å². The lowest BCUT2D eigenvalue weighted by Gasteiger charge is -2.07. The molecule has 2 rings (SSSR count). The van der Waals surface area contributed by atoms with E-state index in [1.807, 2.05) is 0 Å². The Morgan fingerprint density at radius 2 is 2.19 bits per heavy atom. The van der Waals surface area contributed by atoms with Crippen molar-refractivity contribution in [3.8, 4) is 0 Å². The monoisotopic (exact) mass is 289 g/mol. The first-order chi connectivity index (χ1) is 10.2. The molecule has 6 heteroatoms. The number of ether oxygens (including phenoxy) is 1. The first-order valence-electron chi connectivity index (χ1n) is 6.45. The van der Waals surface area contributed by atoms with Gasteiger partial charge in [-0.3, -0.25) is 4.79 Å². The van der Waals surface area contributed by atoms with Crippen molar-refractivity contribution in [1.29, 1.82) is 0 Å². The number of hydrogen-bond donors (Lipinski definition) is 2. The summed E-state index contributed by atoms with van der Waals surface area (Å²) in [5.41, 5.74) is 1.08. The molecule has 110 valence electrons. The average Bonchev–Trinajstić information content (AvgIpc) is 2.49. The number of methoxy groups -OCH3 is 1. The summed E-state index contributed by atoms with van der Waals surface area (Å²) >= 11 is 0. The highest BCUT2D eigenvalue weighted by Gasteiger charge is 2.07. The van der Waals surface area contributed by atoms with E-state index in [2.05, 4.69) is 15.6 Å². The molecule has 2 N–H and O–H groups in total. The second-order valence-corrected chi connectivity index (χ2v) is 4.32. The molecule has 2 aromatic rings. The zero-order valence-electron chi connectivity index (χ0n) is 11.6. The maximum Gasteiger partial charge on any atom is 0.256 e. The van der Waals surface area contributed by atoms with Crippen molar-refractivity contribution in [2.24, 2.45) is 0 Å². The van der Waals surface area contributed by atoms with Crippen LogP contribution in [0.2, 0.25) is 0 Å². The molecule has 1 aromatic carbocycles. The topological polar surface area (TPSA) is 63.2 Å². The summed E-state index contributed by atoms with van der Waals surface area (Å²) in [4.78, 5) is 16.0. The van der Waals surface area contributed by atoms with Crippen LogP contribution in [0.5, 0.6) is 0 Å². The Labute approximate surface area is 122 Å². The van der Waals surface area contributed by atoms with Gasteiger partial charge in [0.2, 0.25) is 0 Å². The first kappa shape index (κ1) is 14.9. The number of hydrogen-bond acceptors (Lipinski definition) is 4. The molecular weight excluding hydrogens is 273 g/mol. The third-order valence-corrected chi connectivity index (χ3v) is 2.73. The van der Waals surface area contributed by atoms with Crippen LogP contribution in [0.25, 0.3) is 0 Å². The number of carbonyl (C=O) groups excluding carboxylic acids is 1. The molecule has 1 aromatic heterocycles. The van der Waals surface area contributed by atoms with E-state index in [4.69, 9.17) is 4.74 Å². The molecule has 0 bridgehead atoms. The minimum absolute atomic E-state index is 0.249. The van der Waals surface area contributed by atoms with Crippen molar-refractivity contribution >= 4 is 17.4 Å².